The van der Waals surface area contributed by atoms with Crippen LogP contribution in [0.5, 0.6) is 0 Å². The Hall–Kier alpha value is -1.47. The Bertz CT molecular complexity index is 586. The molecule has 28 heavy (non-hydrogen) atoms. The highest BCUT2D eigenvalue weighted by atomic mass is 16.5. The lowest BCUT2D eigenvalue weighted by Crippen LogP contribution is -2.52. The number of carbonyl (C=O) groups is 1. The van der Waals surface area contributed by atoms with E-state index >= 15 is 0 Å². The third-order valence-corrected chi connectivity index (χ3v) is 5.87. The Labute approximate surface area is 169 Å². The Morgan fingerprint density at radius 1 is 1.36 bits per heavy atom. The number of benzene rings is 1. The van der Waals surface area contributed by atoms with Gasteiger partial charge in [-0.25, -0.2) is 0 Å². The van der Waals surface area contributed by atoms with Crippen LogP contribution in [0.25, 0.3) is 0 Å². The molecule has 0 spiro atoms. The summed E-state index contributed by atoms with van der Waals surface area (Å²) in [5.41, 5.74) is 1.17. The average Bonchev–Trinajstić information content (AvgIpc) is 3.27. The van der Waals surface area contributed by atoms with E-state index in [4.69, 9.17) is 9.47 Å². The second-order valence-corrected chi connectivity index (χ2v) is 8.02. The van der Waals surface area contributed by atoms with Gasteiger partial charge in [0.1, 0.15) is 6.73 Å². The first-order valence-corrected chi connectivity index (χ1v) is 10.6. The van der Waals surface area contributed by atoms with Gasteiger partial charge in [0.2, 0.25) is 5.91 Å². The highest BCUT2D eigenvalue weighted by Gasteiger charge is 2.31. The van der Waals surface area contributed by atoms with E-state index in [2.05, 4.69) is 29.7 Å². The minimum atomic E-state index is -0.249. The van der Waals surface area contributed by atoms with Crippen LogP contribution in [0, 0.1) is 5.92 Å². The second-order valence-electron chi connectivity index (χ2n) is 8.02. The van der Waals surface area contributed by atoms with Gasteiger partial charge in [-0.1, -0.05) is 37.3 Å². The molecule has 1 aromatic carbocycles. The van der Waals surface area contributed by atoms with Crippen molar-refractivity contribution in [1.82, 2.24) is 15.5 Å². The van der Waals surface area contributed by atoms with Gasteiger partial charge in [-0.2, -0.15) is 0 Å². The van der Waals surface area contributed by atoms with E-state index in [1.54, 1.807) is 7.11 Å². The molecule has 156 valence electrons. The topological polar surface area (TPSA) is 62.8 Å². The molecule has 4 atom stereocenters. The number of amides is 1. The van der Waals surface area contributed by atoms with Crippen LogP contribution in [0.15, 0.2) is 30.3 Å². The van der Waals surface area contributed by atoms with E-state index in [1.807, 2.05) is 23.1 Å². The highest BCUT2D eigenvalue weighted by Crippen LogP contribution is 2.19. The van der Waals surface area contributed by atoms with Crippen molar-refractivity contribution in [2.24, 2.45) is 5.92 Å². The second kappa shape index (κ2) is 10.9. The molecule has 0 bridgehead atoms. The summed E-state index contributed by atoms with van der Waals surface area (Å²) in [5.74, 6) is 0.438. The summed E-state index contributed by atoms with van der Waals surface area (Å²) in [6.45, 7) is 5.92. The Morgan fingerprint density at radius 3 is 2.82 bits per heavy atom. The van der Waals surface area contributed by atoms with E-state index in [0.29, 0.717) is 25.1 Å². The predicted molar refractivity (Wildman–Crippen MR) is 110 cm³/mol. The van der Waals surface area contributed by atoms with Gasteiger partial charge >= 0.3 is 0 Å². The number of carbonyl (C=O) groups excluding carboxylic acids is 1. The fourth-order valence-corrected chi connectivity index (χ4v) is 4.32. The quantitative estimate of drug-likeness (QED) is 0.674. The van der Waals surface area contributed by atoms with Gasteiger partial charge in [0.15, 0.2) is 0 Å². The van der Waals surface area contributed by atoms with Crippen LogP contribution >= 0.6 is 0 Å². The molecule has 2 aliphatic rings. The van der Waals surface area contributed by atoms with Crippen molar-refractivity contribution < 1.29 is 14.3 Å². The van der Waals surface area contributed by atoms with Gasteiger partial charge in [0.05, 0.1) is 18.8 Å². The summed E-state index contributed by atoms with van der Waals surface area (Å²) in [7, 11) is 1.79. The number of methoxy groups -OCH3 is 1. The molecule has 3 rings (SSSR count). The minimum absolute atomic E-state index is 0.128. The monoisotopic (exact) mass is 389 g/mol. The molecule has 2 aliphatic heterocycles. The van der Waals surface area contributed by atoms with Crippen LogP contribution in [0.3, 0.4) is 0 Å². The average molecular weight is 390 g/mol. The summed E-state index contributed by atoms with van der Waals surface area (Å²) in [6, 6.07) is 10.4. The molecule has 0 radical (unpaired) electrons. The largest absolute Gasteiger partial charge is 0.380 e. The molecule has 0 unspecified atom stereocenters. The van der Waals surface area contributed by atoms with Crippen molar-refractivity contribution in [1.29, 1.82) is 0 Å². The fraction of sp³-hybridized carbons (Fsp3) is 0.682. The molecule has 0 aromatic heterocycles. The summed E-state index contributed by atoms with van der Waals surface area (Å²) >= 11 is 0. The van der Waals surface area contributed by atoms with Crippen molar-refractivity contribution in [3.05, 3.63) is 35.9 Å². The first-order valence-electron chi connectivity index (χ1n) is 10.6. The lowest BCUT2D eigenvalue weighted by Gasteiger charge is -2.33. The van der Waals surface area contributed by atoms with E-state index < -0.39 is 0 Å². The molecule has 6 heteroatoms. The third kappa shape index (κ3) is 5.77. The molecular formula is C22H35N3O3. The smallest absolute Gasteiger partial charge is 0.241 e. The van der Waals surface area contributed by atoms with Gasteiger partial charge in [-0.3, -0.25) is 4.79 Å². The van der Waals surface area contributed by atoms with Gasteiger partial charge in [0.25, 0.3) is 0 Å². The zero-order valence-electron chi connectivity index (χ0n) is 17.2. The van der Waals surface area contributed by atoms with E-state index in [1.165, 1.54) is 12.0 Å². The molecular weight excluding hydrogens is 354 g/mol. The van der Waals surface area contributed by atoms with Crippen LogP contribution in [0.4, 0.5) is 0 Å². The Kier molecular flexibility index (Phi) is 8.27. The van der Waals surface area contributed by atoms with Crippen LogP contribution < -0.4 is 10.6 Å². The number of nitrogens with zero attached hydrogens (tertiary/aromatic N) is 1. The lowest BCUT2D eigenvalue weighted by atomic mass is 9.95. The van der Waals surface area contributed by atoms with E-state index in [-0.39, 0.29) is 18.1 Å². The molecule has 2 saturated heterocycles. The number of hydrogen-bond acceptors (Lipinski definition) is 5. The molecule has 2 fully saturated rings. The van der Waals surface area contributed by atoms with Crippen molar-refractivity contribution in [2.75, 3.05) is 40.1 Å². The number of nitrogens with one attached hydrogen (secondary N) is 2. The van der Waals surface area contributed by atoms with Crippen molar-refractivity contribution in [3.63, 3.8) is 0 Å². The molecule has 2 N–H and O–H groups in total. The van der Waals surface area contributed by atoms with Crippen LogP contribution in [-0.4, -0.2) is 69.1 Å². The number of rotatable bonds is 9. The van der Waals surface area contributed by atoms with Crippen LogP contribution in [0.2, 0.25) is 0 Å². The Balaban J connectivity index is 1.62. The first kappa shape index (κ1) is 21.2. The fourth-order valence-electron chi connectivity index (χ4n) is 4.32. The summed E-state index contributed by atoms with van der Waals surface area (Å²) in [6.07, 6.45) is 4.09. The molecule has 6 nitrogen and oxygen atoms in total. The third-order valence-electron chi connectivity index (χ3n) is 5.87. The SMILES string of the molecule is CO[C@@H]([C@@H]1CCCN1)[C@@H](C)CN[C@@H](Cc1ccccc1)C(=O)N1CCCOC1. The normalized spacial score (nSPS) is 23.4. The van der Waals surface area contributed by atoms with Gasteiger partial charge in [-0.05, 0) is 43.7 Å². The molecule has 2 heterocycles. The number of ether oxygens (including phenoxy) is 2. The van der Waals surface area contributed by atoms with Crippen molar-refractivity contribution in [3.8, 4) is 0 Å². The molecule has 0 aliphatic carbocycles. The maximum atomic E-state index is 13.2. The lowest BCUT2D eigenvalue weighted by molar-refractivity contribution is -0.143. The number of hydrogen-bond donors (Lipinski definition) is 2. The van der Waals surface area contributed by atoms with E-state index in [9.17, 15) is 4.79 Å². The molecule has 1 amide bonds. The van der Waals surface area contributed by atoms with Gasteiger partial charge in [0, 0.05) is 26.2 Å². The summed E-state index contributed by atoms with van der Waals surface area (Å²) < 4.78 is 11.3. The maximum Gasteiger partial charge on any atom is 0.241 e. The summed E-state index contributed by atoms with van der Waals surface area (Å²) in [4.78, 5) is 15.0. The molecule has 1 aromatic rings. The van der Waals surface area contributed by atoms with Crippen LogP contribution in [0.1, 0.15) is 31.7 Å². The zero-order chi connectivity index (χ0) is 19.8. The van der Waals surface area contributed by atoms with Crippen molar-refractivity contribution in [2.45, 2.75) is 50.8 Å². The van der Waals surface area contributed by atoms with Gasteiger partial charge in [-0.15, -0.1) is 0 Å². The Morgan fingerprint density at radius 2 is 2.18 bits per heavy atom. The van der Waals surface area contributed by atoms with Crippen LogP contribution in [-0.2, 0) is 20.7 Å². The summed E-state index contributed by atoms with van der Waals surface area (Å²) in [5, 5.41) is 7.09. The first-order chi connectivity index (χ1) is 13.7. The predicted octanol–water partition coefficient (Wildman–Crippen LogP) is 1.80. The minimum Gasteiger partial charge on any atom is -0.380 e. The highest BCUT2D eigenvalue weighted by molar-refractivity contribution is 5.82. The van der Waals surface area contributed by atoms with Gasteiger partial charge < -0.3 is 25.0 Å². The van der Waals surface area contributed by atoms with E-state index in [0.717, 1.165) is 39.1 Å². The van der Waals surface area contributed by atoms with Crippen molar-refractivity contribution >= 4 is 5.91 Å². The standard InChI is InChI=1S/C22H35N3O3/c1-17(21(27-2)19-10-6-11-23-19)15-24-20(14-18-8-4-3-5-9-18)22(26)25-12-7-13-28-16-25/h3-5,8-9,17,19-21,23-24H,6-7,10-16H2,1-2H3/t17-,19-,20-,21+/m0/s1. The maximum absolute atomic E-state index is 13.2. The molecule has 0 saturated carbocycles. The zero-order valence-corrected chi connectivity index (χ0v) is 17.2.